The molecular formula is C20H18F2N6O2. The third kappa shape index (κ3) is 3.79. The Morgan fingerprint density at radius 1 is 1.07 bits per heavy atom. The molecule has 2 aromatic heterocycles. The maximum absolute atomic E-state index is 13.4. The zero-order valence-electron chi connectivity index (χ0n) is 15.9. The van der Waals surface area contributed by atoms with Gasteiger partial charge >= 0.3 is 0 Å². The van der Waals surface area contributed by atoms with Crippen LogP contribution < -0.4 is 4.90 Å². The molecule has 0 spiro atoms. The molecule has 0 saturated carbocycles. The Bertz CT molecular complexity index is 1150. The van der Waals surface area contributed by atoms with E-state index in [4.69, 9.17) is 5.11 Å². The highest BCUT2D eigenvalue weighted by molar-refractivity contribution is 5.94. The fourth-order valence-electron chi connectivity index (χ4n) is 3.35. The maximum atomic E-state index is 13.4. The Balaban J connectivity index is 1.48. The van der Waals surface area contributed by atoms with Gasteiger partial charge in [-0.1, -0.05) is 11.8 Å². The number of halogens is 2. The topological polar surface area (TPSA) is 87.4 Å². The predicted molar refractivity (Wildman–Crippen MR) is 105 cm³/mol. The number of carbonyl (C=O) groups is 1. The fraction of sp³-hybridized carbons (Fsp3) is 0.300. The molecule has 0 unspecified atom stereocenters. The lowest BCUT2D eigenvalue weighted by Gasteiger charge is -2.35. The van der Waals surface area contributed by atoms with Crippen molar-refractivity contribution in [3.63, 3.8) is 0 Å². The summed E-state index contributed by atoms with van der Waals surface area (Å²) in [5.74, 6) is 3.71. The number of rotatable bonds is 3. The van der Waals surface area contributed by atoms with Crippen LogP contribution in [0.1, 0.15) is 10.4 Å². The van der Waals surface area contributed by atoms with E-state index in [2.05, 4.69) is 26.8 Å². The van der Waals surface area contributed by atoms with E-state index < -0.39 is 11.6 Å². The first-order valence-electron chi connectivity index (χ1n) is 9.30. The van der Waals surface area contributed by atoms with E-state index in [1.807, 2.05) is 4.90 Å². The molecule has 0 bridgehead atoms. The molecule has 0 aliphatic carbocycles. The average molecular weight is 412 g/mol. The van der Waals surface area contributed by atoms with Crippen LogP contribution in [0.4, 0.5) is 14.6 Å². The fourth-order valence-corrected chi connectivity index (χ4v) is 3.35. The van der Waals surface area contributed by atoms with E-state index in [-0.39, 0.29) is 18.1 Å². The molecule has 1 saturated heterocycles. The standard InChI is InChI=1S/C20H18F2N6O2/c21-15-4-3-14(11-16(15)22)20(30)27-8-6-26(7-9-27)18-17-19(24-12-23-18)28(13-25-17)5-1-2-10-29/h3-4,11-13,29H,5-10H2. The quantitative estimate of drug-likeness (QED) is 0.648. The van der Waals surface area contributed by atoms with Crippen molar-refractivity contribution in [2.24, 2.45) is 0 Å². The van der Waals surface area contributed by atoms with Gasteiger partial charge in [0.25, 0.3) is 5.91 Å². The number of hydrogen-bond acceptors (Lipinski definition) is 6. The van der Waals surface area contributed by atoms with Gasteiger partial charge in [-0.25, -0.2) is 23.7 Å². The van der Waals surface area contributed by atoms with Crippen LogP contribution in [-0.4, -0.2) is 68.2 Å². The highest BCUT2D eigenvalue weighted by Crippen LogP contribution is 2.23. The lowest BCUT2D eigenvalue weighted by molar-refractivity contribution is 0.0746. The second-order valence-corrected chi connectivity index (χ2v) is 6.66. The van der Waals surface area contributed by atoms with E-state index in [0.29, 0.717) is 49.7 Å². The predicted octanol–water partition coefficient (Wildman–Crippen LogP) is 1.06. The van der Waals surface area contributed by atoms with Crippen molar-refractivity contribution < 1.29 is 18.7 Å². The first-order chi connectivity index (χ1) is 14.6. The number of aliphatic hydroxyl groups excluding tert-OH is 1. The molecule has 0 atom stereocenters. The first kappa shape index (κ1) is 19.7. The molecule has 1 aromatic carbocycles. The van der Waals surface area contributed by atoms with Crippen LogP contribution in [-0.2, 0) is 6.54 Å². The summed E-state index contributed by atoms with van der Waals surface area (Å²) >= 11 is 0. The molecule has 4 rings (SSSR count). The molecule has 8 nitrogen and oxygen atoms in total. The molecule has 154 valence electrons. The van der Waals surface area contributed by atoms with Gasteiger partial charge in [0.1, 0.15) is 12.9 Å². The van der Waals surface area contributed by atoms with Gasteiger partial charge < -0.3 is 19.5 Å². The van der Waals surface area contributed by atoms with Gasteiger partial charge in [0, 0.05) is 31.7 Å². The van der Waals surface area contributed by atoms with Crippen molar-refractivity contribution in [1.29, 1.82) is 0 Å². The van der Waals surface area contributed by atoms with Crippen LogP contribution in [0.2, 0.25) is 0 Å². The van der Waals surface area contributed by atoms with Gasteiger partial charge in [-0.2, -0.15) is 0 Å². The number of aliphatic hydroxyl groups is 1. The summed E-state index contributed by atoms with van der Waals surface area (Å²) < 4.78 is 28.3. The van der Waals surface area contributed by atoms with E-state index in [1.54, 1.807) is 15.8 Å². The zero-order valence-corrected chi connectivity index (χ0v) is 15.9. The monoisotopic (exact) mass is 412 g/mol. The summed E-state index contributed by atoms with van der Waals surface area (Å²) in [6, 6.07) is 3.16. The van der Waals surface area contributed by atoms with Gasteiger partial charge in [-0.05, 0) is 18.2 Å². The highest BCUT2D eigenvalue weighted by atomic mass is 19.2. The minimum atomic E-state index is -1.04. The summed E-state index contributed by atoms with van der Waals surface area (Å²) in [6.07, 6.45) is 3.08. The number of amides is 1. The van der Waals surface area contributed by atoms with E-state index in [0.717, 1.165) is 12.1 Å². The number of nitrogens with zero attached hydrogens (tertiary/aromatic N) is 6. The number of carbonyl (C=O) groups excluding carboxylic acids is 1. The number of benzene rings is 1. The number of hydrogen-bond donors (Lipinski definition) is 1. The first-order valence-corrected chi connectivity index (χ1v) is 9.30. The van der Waals surface area contributed by atoms with E-state index in [9.17, 15) is 13.6 Å². The Morgan fingerprint density at radius 3 is 2.60 bits per heavy atom. The molecule has 3 heterocycles. The Hall–Kier alpha value is -3.58. The van der Waals surface area contributed by atoms with Crippen molar-refractivity contribution in [3.05, 3.63) is 48.1 Å². The zero-order chi connectivity index (χ0) is 21.1. The molecule has 30 heavy (non-hydrogen) atoms. The number of piperazine rings is 1. The normalized spacial score (nSPS) is 14.0. The van der Waals surface area contributed by atoms with Crippen LogP contribution >= 0.6 is 0 Å². The second-order valence-electron chi connectivity index (χ2n) is 6.66. The Kier molecular flexibility index (Phi) is 5.54. The maximum Gasteiger partial charge on any atom is 0.254 e. The molecular weight excluding hydrogens is 394 g/mol. The summed E-state index contributed by atoms with van der Waals surface area (Å²) in [6.45, 7) is 1.99. The summed E-state index contributed by atoms with van der Waals surface area (Å²) in [5.41, 5.74) is 1.38. The molecule has 1 fully saturated rings. The van der Waals surface area contributed by atoms with Gasteiger partial charge in [-0.15, -0.1) is 0 Å². The smallest absolute Gasteiger partial charge is 0.254 e. The summed E-state index contributed by atoms with van der Waals surface area (Å²) in [7, 11) is 0. The average Bonchev–Trinajstić information content (AvgIpc) is 3.19. The van der Waals surface area contributed by atoms with Crippen molar-refractivity contribution in [3.8, 4) is 11.8 Å². The van der Waals surface area contributed by atoms with Crippen molar-refractivity contribution in [2.45, 2.75) is 6.54 Å². The van der Waals surface area contributed by atoms with Gasteiger partial charge in [0.05, 0.1) is 12.9 Å². The molecule has 0 radical (unpaired) electrons. The SMILES string of the molecule is O=C(c1ccc(F)c(F)c1)N1CCN(c2ncnc3c2ncn3CC#CCO)CC1. The van der Waals surface area contributed by atoms with Crippen LogP contribution in [0.3, 0.4) is 0 Å². The lowest BCUT2D eigenvalue weighted by Crippen LogP contribution is -2.49. The molecule has 1 amide bonds. The van der Waals surface area contributed by atoms with Gasteiger partial charge in [0.15, 0.2) is 28.6 Å². The molecule has 1 aliphatic heterocycles. The number of fused-ring (bicyclic) bond motifs is 1. The van der Waals surface area contributed by atoms with Crippen molar-refractivity contribution >= 4 is 22.9 Å². The molecule has 1 aliphatic rings. The summed E-state index contributed by atoms with van der Waals surface area (Å²) in [5, 5.41) is 8.79. The third-order valence-electron chi connectivity index (χ3n) is 4.87. The van der Waals surface area contributed by atoms with Crippen LogP contribution in [0, 0.1) is 23.5 Å². The Morgan fingerprint density at radius 2 is 1.87 bits per heavy atom. The van der Waals surface area contributed by atoms with E-state index >= 15 is 0 Å². The Labute approximate surface area is 170 Å². The number of aromatic nitrogens is 4. The van der Waals surface area contributed by atoms with Crippen LogP contribution in [0.25, 0.3) is 11.2 Å². The highest BCUT2D eigenvalue weighted by Gasteiger charge is 2.25. The van der Waals surface area contributed by atoms with Gasteiger partial charge in [-0.3, -0.25) is 4.79 Å². The van der Waals surface area contributed by atoms with Gasteiger partial charge in [0.2, 0.25) is 0 Å². The largest absolute Gasteiger partial charge is 0.384 e. The lowest BCUT2D eigenvalue weighted by atomic mass is 10.1. The van der Waals surface area contributed by atoms with Crippen LogP contribution in [0.15, 0.2) is 30.9 Å². The second kappa shape index (κ2) is 8.42. The van der Waals surface area contributed by atoms with Crippen LogP contribution in [0.5, 0.6) is 0 Å². The third-order valence-corrected chi connectivity index (χ3v) is 4.87. The summed E-state index contributed by atoms with van der Waals surface area (Å²) in [4.78, 5) is 29.2. The molecule has 10 heteroatoms. The number of anilines is 1. The minimum absolute atomic E-state index is 0.120. The number of imidazole rings is 1. The molecule has 3 aromatic rings. The minimum Gasteiger partial charge on any atom is -0.384 e. The van der Waals surface area contributed by atoms with Crippen molar-refractivity contribution in [1.82, 2.24) is 24.4 Å². The van der Waals surface area contributed by atoms with Crippen molar-refractivity contribution in [2.75, 3.05) is 37.7 Å². The molecule has 1 N–H and O–H groups in total. The van der Waals surface area contributed by atoms with E-state index in [1.165, 1.54) is 12.4 Å².